The zero-order chi connectivity index (χ0) is 12.1. The molecule has 1 heterocycles. The summed E-state index contributed by atoms with van der Waals surface area (Å²) in [6.07, 6.45) is 2.15. The van der Waals surface area contributed by atoms with Crippen molar-refractivity contribution in [3.63, 3.8) is 0 Å². The maximum atomic E-state index is 9.16. The molecular weight excluding hydrogens is 284 g/mol. The summed E-state index contributed by atoms with van der Waals surface area (Å²) in [5.74, 6) is 1.41. The van der Waals surface area contributed by atoms with Crippen LogP contribution < -0.4 is 4.74 Å². The summed E-state index contributed by atoms with van der Waals surface area (Å²) in [4.78, 5) is 0. The van der Waals surface area contributed by atoms with Gasteiger partial charge in [0.05, 0.1) is 13.2 Å². The van der Waals surface area contributed by atoms with Crippen LogP contribution in [0.5, 0.6) is 5.75 Å². The van der Waals surface area contributed by atoms with E-state index in [2.05, 4.69) is 15.9 Å². The molecule has 0 atom stereocenters. The Morgan fingerprint density at radius 3 is 2.82 bits per heavy atom. The highest BCUT2D eigenvalue weighted by Crippen LogP contribution is 2.24. The minimum Gasteiger partial charge on any atom is -0.493 e. The lowest BCUT2D eigenvalue weighted by Gasteiger charge is -2.22. The van der Waals surface area contributed by atoms with E-state index in [0.717, 1.165) is 48.4 Å². The zero-order valence-corrected chi connectivity index (χ0v) is 11.3. The number of aliphatic hydroxyl groups is 1. The molecule has 0 unspecified atom stereocenters. The first-order valence-corrected chi connectivity index (χ1v) is 6.68. The molecule has 0 radical (unpaired) electrons. The third-order valence-electron chi connectivity index (χ3n) is 3.01. The maximum Gasteiger partial charge on any atom is 0.119 e. The van der Waals surface area contributed by atoms with E-state index in [1.807, 2.05) is 18.2 Å². The fourth-order valence-electron chi connectivity index (χ4n) is 1.89. The van der Waals surface area contributed by atoms with E-state index in [0.29, 0.717) is 5.92 Å². The van der Waals surface area contributed by atoms with Crippen LogP contribution in [0.4, 0.5) is 0 Å². The molecule has 1 N–H and O–H groups in total. The zero-order valence-electron chi connectivity index (χ0n) is 9.69. The van der Waals surface area contributed by atoms with Crippen LogP contribution in [-0.4, -0.2) is 24.9 Å². The molecule has 1 aromatic carbocycles. The van der Waals surface area contributed by atoms with Crippen LogP contribution in [0.2, 0.25) is 0 Å². The van der Waals surface area contributed by atoms with Crippen molar-refractivity contribution in [2.24, 2.45) is 5.92 Å². The number of rotatable bonds is 4. The van der Waals surface area contributed by atoms with Crippen molar-refractivity contribution in [1.82, 2.24) is 0 Å². The predicted molar refractivity (Wildman–Crippen MR) is 69.1 cm³/mol. The third-order valence-corrected chi connectivity index (χ3v) is 3.79. The Morgan fingerprint density at radius 1 is 1.35 bits per heavy atom. The second kappa shape index (κ2) is 6.38. The van der Waals surface area contributed by atoms with Gasteiger partial charge in [0.1, 0.15) is 5.75 Å². The maximum absolute atomic E-state index is 9.16. The molecular formula is C13H17BrO3. The van der Waals surface area contributed by atoms with E-state index in [1.54, 1.807) is 0 Å². The first-order chi connectivity index (χ1) is 8.29. The van der Waals surface area contributed by atoms with Crippen LogP contribution in [0.3, 0.4) is 0 Å². The Bertz CT molecular complexity index is 362. The van der Waals surface area contributed by atoms with Crippen LogP contribution in [0.15, 0.2) is 22.7 Å². The number of benzene rings is 1. The Hall–Kier alpha value is -0.580. The molecule has 0 aliphatic carbocycles. The van der Waals surface area contributed by atoms with Crippen LogP contribution in [0.1, 0.15) is 18.4 Å². The summed E-state index contributed by atoms with van der Waals surface area (Å²) in [5.41, 5.74) is 0.856. The van der Waals surface area contributed by atoms with Gasteiger partial charge < -0.3 is 14.6 Å². The first-order valence-electron chi connectivity index (χ1n) is 5.89. The lowest BCUT2D eigenvalue weighted by molar-refractivity contribution is 0.0497. The molecule has 1 aromatic rings. The average Bonchev–Trinajstić information content (AvgIpc) is 2.39. The Morgan fingerprint density at radius 2 is 2.12 bits per heavy atom. The number of aliphatic hydroxyl groups excluding tert-OH is 1. The van der Waals surface area contributed by atoms with Gasteiger partial charge in [0.25, 0.3) is 0 Å². The van der Waals surface area contributed by atoms with E-state index in [4.69, 9.17) is 14.6 Å². The molecule has 2 rings (SSSR count). The molecule has 1 fully saturated rings. The van der Waals surface area contributed by atoms with Crippen LogP contribution in [-0.2, 0) is 11.3 Å². The van der Waals surface area contributed by atoms with Gasteiger partial charge in [-0.3, -0.25) is 0 Å². The average molecular weight is 301 g/mol. The van der Waals surface area contributed by atoms with Gasteiger partial charge >= 0.3 is 0 Å². The van der Waals surface area contributed by atoms with Crippen LogP contribution in [0.25, 0.3) is 0 Å². The highest BCUT2D eigenvalue weighted by atomic mass is 79.9. The van der Waals surface area contributed by atoms with E-state index in [-0.39, 0.29) is 6.61 Å². The van der Waals surface area contributed by atoms with Crippen molar-refractivity contribution in [1.29, 1.82) is 0 Å². The Labute approximate surface area is 110 Å². The van der Waals surface area contributed by atoms with Crippen LogP contribution in [0, 0.1) is 5.92 Å². The molecule has 1 saturated heterocycles. The van der Waals surface area contributed by atoms with Gasteiger partial charge in [-0.2, -0.15) is 0 Å². The summed E-state index contributed by atoms with van der Waals surface area (Å²) in [7, 11) is 0. The molecule has 0 aromatic heterocycles. The lowest BCUT2D eigenvalue weighted by Crippen LogP contribution is -2.21. The molecule has 1 aliphatic rings. The SMILES string of the molecule is OCc1cc(OCC2CCOCC2)ccc1Br. The Kier molecular flexibility index (Phi) is 4.83. The summed E-state index contributed by atoms with van der Waals surface area (Å²) < 4.78 is 12.0. The largest absolute Gasteiger partial charge is 0.493 e. The van der Waals surface area contributed by atoms with Gasteiger partial charge in [-0.15, -0.1) is 0 Å². The highest BCUT2D eigenvalue weighted by molar-refractivity contribution is 9.10. The van der Waals surface area contributed by atoms with Gasteiger partial charge in [-0.1, -0.05) is 15.9 Å². The lowest BCUT2D eigenvalue weighted by atomic mass is 10.0. The van der Waals surface area contributed by atoms with Gasteiger partial charge in [0.15, 0.2) is 0 Å². The van der Waals surface area contributed by atoms with Crippen molar-refractivity contribution in [3.05, 3.63) is 28.2 Å². The van der Waals surface area contributed by atoms with Crippen molar-refractivity contribution in [3.8, 4) is 5.75 Å². The first kappa shape index (κ1) is 12.9. The number of halogens is 1. The summed E-state index contributed by atoms with van der Waals surface area (Å²) in [5, 5.41) is 9.16. The van der Waals surface area contributed by atoms with E-state index < -0.39 is 0 Å². The molecule has 17 heavy (non-hydrogen) atoms. The fraction of sp³-hybridized carbons (Fsp3) is 0.538. The van der Waals surface area contributed by atoms with Crippen LogP contribution >= 0.6 is 15.9 Å². The van der Waals surface area contributed by atoms with Crippen molar-refractivity contribution >= 4 is 15.9 Å². The molecule has 1 aliphatic heterocycles. The quantitative estimate of drug-likeness (QED) is 0.929. The van der Waals surface area contributed by atoms with E-state index >= 15 is 0 Å². The second-order valence-electron chi connectivity index (χ2n) is 4.28. The molecule has 94 valence electrons. The van der Waals surface area contributed by atoms with Gasteiger partial charge in [0, 0.05) is 17.7 Å². The summed E-state index contributed by atoms with van der Waals surface area (Å²) in [6, 6.07) is 5.71. The van der Waals surface area contributed by atoms with E-state index in [9.17, 15) is 0 Å². The third kappa shape index (κ3) is 3.69. The fourth-order valence-corrected chi connectivity index (χ4v) is 2.26. The second-order valence-corrected chi connectivity index (χ2v) is 5.13. The molecule has 0 bridgehead atoms. The smallest absolute Gasteiger partial charge is 0.119 e. The summed E-state index contributed by atoms with van der Waals surface area (Å²) >= 11 is 3.39. The topological polar surface area (TPSA) is 38.7 Å². The van der Waals surface area contributed by atoms with E-state index in [1.165, 1.54) is 0 Å². The van der Waals surface area contributed by atoms with Gasteiger partial charge in [0.2, 0.25) is 0 Å². The number of hydrogen-bond donors (Lipinski definition) is 1. The van der Waals surface area contributed by atoms with Crippen molar-refractivity contribution < 1.29 is 14.6 Å². The monoisotopic (exact) mass is 300 g/mol. The standard InChI is InChI=1S/C13H17BrO3/c14-13-2-1-12(7-11(13)8-15)17-9-10-3-5-16-6-4-10/h1-2,7,10,15H,3-6,8-9H2. The molecule has 0 spiro atoms. The normalized spacial score (nSPS) is 17.1. The minimum absolute atomic E-state index is 0.0229. The number of ether oxygens (including phenoxy) is 2. The Balaban J connectivity index is 1.89. The molecule has 0 amide bonds. The van der Waals surface area contributed by atoms with Gasteiger partial charge in [-0.25, -0.2) is 0 Å². The molecule has 3 nitrogen and oxygen atoms in total. The highest BCUT2D eigenvalue weighted by Gasteiger charge is 2.14. The van der Waals surface area contributed by atoms with Crippen molar-refractivity contribution in [2.75, 3.05) is 19.8 Å². The number of hydrogen-bond acceptors (Lipinski definition) is 3. The molecule has 4 heteroatoms. The van der Waals surface area contributed by atoms with Gasteiger partial charge in [-0.05, 0) is 42.5 Å². The van der Waals surface area contributed by atoms with Crippen molar-refractivity contribution in [2.45, 2.75) is 19.4 Å². The predicted octanol–water partition coefficient (Wildman–Crippen LogP) is 2.75. The summed E-state index contributed by atoms with van der Waals surface area (Å²) in [6.45, 7) is 2.44. The minimum atomic E-state index is 0.0229. The molecule has 0 saturated carbocycles.